The molecule has 3 nitrogen and oxygen atoms in total. The first-order valence-corrected chi connectivity index (χ1v) is 11.3. The zero-order valence-corrected chi connectivity index (χ0v) is 18.0. The van der Waals surface area contributed by atoms with Crippen molar-refractivity contribution in [1.82, 2.24) is 10.2 Å². The SMILES string of the molecule is O=C(NC1CCN(Cc2ccccc2)CC1)C1(c2ccc(Br)cc2)CCCC1. The molecule has 0 bridgehead atoms. The van der Waals surface area contributed by atoms with Crippen LogP contribution < -0.4 is 5.32 Å². The third-order valence-electron chi connectivity index (χ3n) is 6.46. The van der Waals surface area contributed by atoms with Crippen LogP contribution in [-0.4, -0.2) is 29.9 Å². The van der Waals surface area contributed by atoms with Crippen LogP contribution in [0.1, 0.15) is 49.7 Å². The summed E-state index contributed by atoms with van der Waals surface area (Å²) in [5.74, 6) is 0.244. The fourth-order valence-corrected chi connectivity index (χ4v) is 5.06. The minimum Gasteiger partial charge on any atom is -0.353 e. The Morgan fingerprint density at radius 1 is 1.00 bits per heavy atom. The van der Waals surface area contributed by atoms with Crippen LogP contribution in [0.25, 0.3) is 0 Å². The van der Waals surface area contributed by atoms with E-state index in [1.165, 1.54) is 11.1 Å². The summed E-state index contributed by atoms with van der Waals surface area (Å²) in [6.45, 7) is 3.10. The van der Waals surface area contributed by atoms with Gasteiger partial charge in [0, 0.05) is 30.1 Å². The molecule has 0 unspecified atom stereocenters. The molecule has 0 spiro atoms. The van der Waals surface area contributed by atoms with Crippen molar-refractivity contribution in [3.8, 4) is 0 Å². The number of hydrogen-bond acceptors (Lipinski definition) is 2. The van der Waals surface area contributed by atoms with E-state index in [0.717, 1.165) is 62.6 Å². The predicted octanol–water partition coefficient (Wildman–Crippen LogP) is 5.04. The number of likely N-dealkylation sites (tertiary alicyclic amines) is 1. The molecule has 1 heterocycles. The second-order valence-corrected chi connectivity index (χ2v) is 9.22. The smallest absolute Gasteiger partial charge is 0.230 e. The zero-order valence-electron chi connectivity index (χ0n) is 16.4. The number of amides is 1. The molecule has 28 heavy (non-hydrogen) atoms. The first-order chi connectivity index (χ1) is 13.7. The molecule has 1 amide bonds. The zero-order chi connectivity index (χ0) is 19.4. The third kappa shape index (κ3) is 4.33. The Kier molecular flexibility index (Phi) is 6.17. The number of hydrogen-bond donors (Lipinski definition) is 1. The molecule has 1 aliphatic heterocycles. The van der Waals surface area contributed by atoms with Crippen LogP contribution in [0.5, 0.6) is 0 Å². The number of halogens is 1. The summed E-state index contributed by atoms with van der Waals surface area (Å²) in [5, 5.41) is 3.42. The fraction of sp³-hybridized carbons (Fsp3) is 0.458. The Balaban J connectivity index is 1.36. The van der Waals surface area contributed by atoms with Crippen molar-refractivity contribution in [3.05, 3.63) is 70.2 Å². The number of benzene rings is 2. The van der Waals surface area contributed by atoms with Crippen LogP contribution >= 0.6 is 15.9 Å². The molecule has 1 saturated heterocycles. The second-order valence-electron chi connectivity index (χ2n) is 8.31. The molecule has 2 aromatic rings. The van der Waals surface area contributed by atoms with Gasteiger partial charge in [0.2, 0.25) is 5.91 Å². The van der Waals surface area contributed by atoms with Crippen LogP contribution in [0.15, 0.2) is 59.1 Å². The maximum Gasteiger partial charge on any atom is 0.230 e. The van der Waals surface area contributed by atoms with Crippen LogP contribution in [0, 0.1) is 0 Å². The minimum atomic E-state index is -0.331. The summed E-state index contributed by atoms with van der Waals surface area (Å²) in [5.41, 5.74) is 2.21. The maximum absolute atomic E-state index is 13.4. The molecule has 4 rings (SSSR count). The van der Waals surface area contributed by atoms with Gasteiger partial charge in [-0.25, -0.2) is 0 Å². The van der Waals surface area contributed by atoms with Gasteiger partial charge in [-0.3, -0.25) is 9.69 Å². The highest BCUT2D eigenvalue weighted by atomic mass is 79.9. The van der Waals surface area contributed by atoms with E-state index in [0.29, 0.717) is 6.04 Å². The van der Waals surface area contributed by atoms with Crippen molar-refractivity contribution in [1.29, 1.82) is 0 Å². The molecule has 0 radical (unpaired) electrons. The van der Waals surface area contributed by atoms with Crippen LogP contribution in [0.2, 0.25) is 0 Å². The lowest BCUT2D eigenvalue weighted by Crippen LogP contribution is -2.50. The van der Waals surface area contributed by atoms with Crippen LogP contribution in [-0.2, 0) is 16.8 Å². The second kappa shape index (κ2) is 8.79. The minimum absolute atomic E-state index is 0.244. The van der Waals surface area contributed by atoms with Gasteiger partial charge < -0.3 is 5.32 Å². The summed E-state index contributed by atoms with van der Waals surface area (Å²) >= 11 is 3.51. The average molecular weight is 441 g/mol. The van der Waals surface area contributed by atoms with Crippen LogP contribution in [0.4, 0.5) is 0 Å². The van der Waals surface area contributed by atoms with Gasteiger partial charge in [0.05, 0.1) is 5.41 Å². The molecular formula is C24H29BrN2O. The molecule has 1 aliphatic carbocycles. The molecule has 2 aromatic carbocycles. The van der Waals surface area contributed by atoms with E-state index in [2.05, 4.69) is 80.7 Å². The molecule has 0 aromatic heterocycles. The van der Waals surface area contributed by atoms with E-state index < -0.39 is 0 Å². The molecule has 2 fully saturated rings. The topological polar surface area (TPSA) is 32.3 Å². The Labute approximate surface area is 176 Å². The lowest BCUT2D eigenvalue weighted by molar-refractivity contribution is -0.127. The van der Waals surface area contributed by atoms with E-state index in [-0.39, 0.29) is 11.3 Å². The normalized spacial score (nSPS) is 20.2. The number of rotatable bonds is 5. The summed E-state index contributed by atoms with van der Waals surface area (Å²) in [4.78, 5) is 15.9. The predicted molar refractivity (Wildman–Crippen MR) is 117 cm³/mol. The molecule has 0 atom stereocenters. The first kappa shape index (κ1) is 19.7. The van der Waals surface area contributed by atoms with E-state index in [9.17, 15) is 4.79 Å². The van der Waals surface area contributed by atoms with Crippen molar-refractivity contribution in [2.24, 2.45) is 0 Å². The highest BCUT2D eigenvalue weighted by Gasteiger charge is 2.43. The van der Waals surface area contributed by atoms with Gasteiger partial charge in [-0.2, -0.15) is 0 Å². The molecule has 1 N–H and O–H groups in total. The first-order valence-electron chi connectivity index (χ1n) is 10.5. The van der Waals surface area contributed by atoms with Gasteiger partial charge in [-0.05, 0) is 48.9 Å². The number of nitrogens with one attached hydrogen (secondary N) is 1. The largest absolute Gasteiger partial charge is 0.353 e. The molecule has 2 aliphatic rings. The maximum atomic E-state index is 13.4. The van der Waals surface area contributed by atoms with E-state index in [1.54, 1.807) is 0 Å². The summed E-state index contributed by atoms with van der Waals surface area (Å²) < 4.78 is 1.07. The third-order valence-corrected chi connectivity index (χ3v) is 6.99. The highest BCUT2D eigenvalue weighted by Crippen LogP contribution is 2.42. The van der Waals surface area contributed by atoms with Crippen molar-refractivity contribution in [2.75, 3.05) is 13.1 Å². The summed E-state index contributed by atoms with van der Waals surface area (Å²) in [7, 11) is 0. The van der Waals surface area contributed by atoms with E-state index in [1.807, 2.05) is 0 Å². The van der Waals surface area contributed by atoms with Crippen molar-refractivity contribution >= 4 is 21.8 Å². The van der Waals surface area contributed by atoms with Crippen molar-refractivity contribution < 1.29 is 4.79 Å². The van der Waals surface area contributed by atoms with Gasteiger partial charge in [0.1, 0.15) is 0 Å². The Morgan fingerprint density at radius 3 is 2.29 bits per heavy atom. The molecule has 4 heteroatoms. The fourth-order valence-electron chi connectivity index (χ4n) is 4.79. The molecule has 148 valence electrons. The number of carbonyl (C=O) groups is 1. The van der Waals surface area contributed by atoms with Crippen molar-refractivity contribution in [3.63, 3.8) is 0 Å². The average Bonchev–Trinajstić information content (AvgIpc) is 3.22. The molecule has 1 saturated carbocycles. The van der Waals surface area contributed by atoms with E-state index in [4.69, 9.17) is 0 Å². The van der Waals surface area contributed by atoms with E-state index >= 15 is 0 Å². The number of piperidine rings is 1. The summed E-state index contributed by atoms with van der Waals surface area (Å²) in [6, 6.07) is 19.3. The summed E-state index contributed by atoms with van der Waals surface area (Å²) in [6.07, 6.45) is 6.28. The van der Waals surface area contributed by atoms with Gasteiger partial charge in [-0.15, -0.1) is 0 Å². The van der Waals surface area contributed by atoms with Crippen molar-refractivity contribution in [2.45, 2.75) is 56.5 Å². The van der Waals surface area contributed by atoms with Gasteiger partial charge in [0.25, 0.3) is 0 Å². The number of nitrogens with zero attached hydrogens (tertiary/aromatic N) is 1. The van der Waals surface area contributed by atoms with Crippen LogP contribution in [0.3, 0.4) is 0 Å². The van der Waals surface area contributed by atoms with Gasteiger partial charge >= 0.3 is 0 Å². The Morgan fingerprint density at radius 2 is 1.64 bits per heavy atom. The number of carbonyl (C=O) groups excluding carboxylic acids is 1. The lowest BCUT2D eigenvalue weighted by Gasteiger charge is -2.35. The quantitative estimate of drug-likeness (QED) is 0.705. The standard InChI is InChI=1S/C24H29BrN2O/c25-21-10-8-20(9-11-21)24(14-4-5-15-24)23(28)26-22-12-16-27(17-13-22)18-19-6-2-1-3-7-19/h1-3,6-11,22H,4-5,12-18H2,(H,26,28). The monoisotopic (exact) mass is 440 g/mol. The Bertz CT molecular complexity index is 776. The lowest BCUT2D eigenvalue weighted by atomic mass is 9.77. The molecular weight excluding hydrogens is 412 g/mol. The highest BCUT2D eigenvalue weighted by molar-refractivity contribution is 9.10. The van der Waals surface area contributed by atoms with Gasteiger partial charge in [-0.1, -0.05) is 71.2 Å². The Hall–Kier alpha value is -1.65. The van der Waals surface area contributed by atoms with Gasteiger partial charge in [0.15, 0.2) is 0 Å².